The normalized spacial score (nSPS) is 15.3. The second kappa shape index (κ2) is 4.61. The summed E-state index contributed by atoms with van der Waals surface area (Å²) in [6.45, 7) is 2.16. The van der Waals surface area contributed by atoms with Crippen molar-refractivity contribution in [1.29, 1.82) is 0 Å². The zero-order chi connectivity index (χ0) is 10.7. The van der Waals surface area contributed by atoms with Crippen LogP contribution in [0.4, 0.5) is 0 Å². The molecule has 2 rings (SSSR count). The van der Waals surface area contributed by atoms with Gasteiger partial charge in [0.2, 0.25) is 0 Å². The second-order valence-electron chi connectivity index (χ2n) is 4.41. The third-order valence-electron chi connectivity index (χ3n) is 3.12. The van der Waals surface area contributed by atoms with Crippen LogP contribution in [-0.2, 0) is 17.6 Å². The first-order valence-electron chi connectivity index (χ1n) is 5.90. The van der Waals surface area contributed by atoms with Crippen molar-refractivity contribution in [1.82, 2.24) is 0 Å². The van der Waals surface area contributed by atoms with E-state index in [1.165, 1.54) is 11.1 Å². The molecule has 0 aromatic heterocycles. The Kier molecular flexibility index (Phi) is 3.20. The molecule has 1 aromatic rings. The highest BCUT2D eigenvalue weighted by molar-refractivity contribution is 5.83. The number of carbonyl (C=O) groups is 1. The van der Waals surface area contributed by atoms with Crippen LogP contribution in [0.3, 0.4) is 0 Å². The predicted molar refractivity (Wildman–Crippen MR) is 61.9 cm³/mol. The number of hydrogen-bond acceptors (Lipinski definition) is 1. The van der Waals surface area contributed by atoms with Crippen LogP contribution in [0.2, 0.25) is 0 Å². The lowest BCUT2D eigenvalue weighted by atomic mass is 10.0. The molecule has 1 heteroatoms. The molecule has 0 heterocycles. The molecule has 80 valence electrons. The summed E-state index contributed by atoms with van der Waals surface area (Å²) in [6, 6.07) is 8.63. The van der Waals surface area contributed by atoms with Crippen LogP contribution in [0.5, 0.6) is 0 Å². The standard InChI is InChI=1S/C14H18O/c1-2-11-3-5-12(6-4-11)7-10-14(15)13-8-9-13/h3-6,13H,2,7-10H2,1H3. The van der Waals surface area contributed by atoms with Crippen LogP contribution in [-0.4, -0.2) is 5.78 Å². The molecule has 15 heavy (non-hydrogen) atoms. The molecule has 1 aliphatic carbocycles. The SMILES string of the molecule is CCc1ccc(CCC(=O)C2CC2)cc1. The van der Waals surface area contributed by atoms with Gasteiger partial charge >= 0.3 is 0 Å². The molecule has 0 N–H and O–H groups in total. The average Bonchev–Trinajstić information content (AvgIpc) is 3.10. The van der Waals surface area contributed by atoms with Crippen molar-refractivity contribution in [3.8, 4) is 0 Å². The molecule has 0 aliphatic heterocycles. The Morgan fingerprint density at radius 3 is 2.33 bits per heavy atom. The van der Waals surface area contributed by atoms with Gasteiger partial charge in [-0.15, -0.1) is 0 Å². The summed E-state index contributed by atoms with van der Waals surface area (Å²) in [5.74, 6) is 0.884. The lowest BCUT2D eigenvalue weighted by Crippen LogP contribution is -2.01. The minimum atomic E-state index is 0.417. The summed E-state index contributed by atoms with van der Waals surface area (Å²) >= 11 is 0. The molecule has 1 aromatic carbocycles. The zero-order valence-corrected chi connectivity index (χ0v) is 9.33. The van der Waals surface area contributed by atoms with E-state index in [1.54, 1.807) is 0 Å². The Labute approximate surface area is 91.5 Å². The molecule has 1 fully saturated rings. The maximum atomic E-state index is 11.5. The summed E-state index contributed by atoms with van der Waals surface area (Å²) in [5, 5.41) is 0. The highest BCUT2D eigenvalue weighted by Crippen LogP contribution is 2.31. The van der Waals surface area contributed by atoms with Crippen molar-refractivity contribution in [2.24, 2.45) is 5.92 Å². The first-order chi connectivity index (χ1) is 7.29. The van der Waals surface area contributed by atoms with E-state index >= 15 is 0 Å². The predicted octanol–water partition coefficient (Wildman–Crippen LogP) is 3.16. The third kappa shape index (κ3) is 2.92. The van der Waals surface area contributed by atoms with Crippen molar-refractivity contribution >= 4 is 5.78 Å². The van der Waals surface area contributed by atoms with Gasteiger partial charge < -0.3 is 0 Å². The number of rotatable bonds is 5. The maximum absolute atomic E-state index is 11.5. The number of aryl methyl sites for hydroxylation is 2. The van der Waals surface area contributed by atoms with Gasteiger partial charge in [0.1, 0.15) is 5.78 Å². The molecule has 0 bridgehead atoms. The monoisotopic (exact) mass is 202 g/mol. The van der Waals surface area contributed by atoms with Gasteiger partial charge in [-0.3, -0.25) is 4.79 Å². The first-order valence-corrected chi connectivity index (χ1v) is 5.90. The van der Waals surface area contributed by atoms with Crippen LogP contribution in [0, 0.1) is 5.92 Å². The minimum Gasteiger partial charge on any atom is -0.299 e. The fraction of sp³-hybridized carbons (Fsp3) is 0.500. The van der Waals surface area contributed by atoms with Crippen LogP contribution in [0.25, 0.3) is 0 Å². The van der Waals surface area contributed by atoms with E-state index in [4.69, 9.17) is 0 Å². The van der Waals surface area contributed by atoms with Crippen LogP contribution in [0.15, 0.2) is 24.3 Å². The summed E-state index contributed by atoms with van der Waals surface area (Å²) < 4.78 is 0. The maximum Gasteiger partial charge on any atom is 0.136 e. The molecule has 0 unspecified atom stereocenters. The molecule has 1 nitrogen and oxygen atoms in total. The highest BCUT2D eigenvalue weighted by atomic mass is 16.1. The quantitative estimate of drug-likeness (QED) is 0.716. The molecule has 0 saturated heterocycles. The molecule has 0 radical (unpaired) electrons. The fourth-order valence-electron chi connectivity index (χ4n) is 1.82. The van der Waals surface area contributed by atoms with E-state index in [1.807, 2.05) is 0 Å². The topological polar surface area (TPSA) is 17.1 Å². The van der Waals surface area contributed by atoms with Gasteiger partial charge in [-0.1, -0.05) is 31.2 Å². The lowest BCUT2D eigenvalue weighted by molar-refractivity contribution is -0.120. The van der Waals surface area contributed by atoms with Crippen molar-refractivity contribution in [2.75, 3.05) is 0 Å². The summed E-state index contributed by atoms with van der Waals surface area (Å²) in [7, 11) is 0. The number of benzene rings is 1. The highest BCUT2D eigenvalue weighted by Gasteiger charge is 2.28. The summed E-state index contributed by atoms with van der Waals surface area (Å²) in [4.78, 5) is 11.5. The van der Waals surface area contributed by atoms with Gasteiger partial charge in [0.15, 0.2) is 0 Å². The number of hydrogen-bond donors (Lipinski definition) is 0. The Morgan fingerprint density at radius 1 is 1.20 bits per heavy atom. The van der Waals surface area contributed by atoms with Crippen molar-refractivity contribution in [2.45, 2.75) is 39.0 Å². The van der Waals surface area contributed by atoms with E-state index in [0.29, 0.717) is 11.7 Å². The van der Waals surface area contributed by atoms with Crippen LogP contribution in [0.1, 0.15) is 37.3 Å². The van der Waals surface area contributed by atoms with Gasteiger partial charge in [-0.2, -0.15) is 0 Å². The Balaban J connectivity index is 1.84. The lowest BCUT2D eigenvalue weighted by Gasteiger charge is -2.02. The number of ketones is 1. The minimum absolute atomic E-state index is 0.417. The van der Waals surface area contributed by atoms with Crippen molar-refractivity contribution in [3.05, 3.63) is 35.4 Å². The molecule has 1 aliphatic rings. The van der Waals surface area contributed by atoms with E-state index in [-0.39, 0.29) is 0 Å². The van der Waals surface area contributed by atoms with E-state index in [9.17, 15) is 4.79 Å². The van der Waals surface area contributed by atoms with Gasteiger partial charge in [0, 0.05) is 12.3 Å². The fourth-order valence-corrected chi connectivity index (χ4v) is 1.82. The molecular weight excluding hydrogens is 184 g/mol. The van der Waals surface area contributed by atoms with E-state index in [0.717, 1.165) is 32.1 Å². The van der Waals surface area contributed by atoms with Crippen LogP contribution >= 0.6 is 0 Å². The van der Waals surface area contributed by atoms with Gasteiger partial charge in [0.05, 0.1) is 0 Å². The Morgan fingerprint density at radius 2 is 1.80 bits per heavy atom. The van der Waals surface area contributed by atoms with Gasteiger partial charge in [0.25, 0.3) is 0 Å². The van der Waals surface area contributed by atoms with Crippen molar-refractivity contribution < 1.29 is 4.79 Å². The smallest absolute Gasteiger partial charge is 0.136 e. The van der Waals surface area contributed by atoms with Gasteiger partial charge in [-0.25, -0.2) is 0 Å². The number of carbonyl (C=O) groups excluding carboxylic acids is 1. The second-order valence-corrected chi connectivity index (χ2v) is 4.41. The summed E-state index contributed by atoms with van der Waals surface area (Å²) in [6.07, 6.45) is 5.00. The van der Waals surface area contributed by atoms with E-state index in [2.05, 4.69) is 31.2 Å². The molecule has 1 saturated carbocycles. The Hall–Kier alpha value is -1.11. The van der Waals surface area contributed by atoms with Crippen LogP contribution < -0.4 is 0 Å². The van der Waals surface area contributed by atoms with Crippen molar-refractivity contribution in [3.63, 3.8) is 0 Å². The third-order valence-corrected chi connectivity index (χ3v) is 3.12. The largest absolute Gasteiger partial charge is 0.299 e. The molecule has 0 amide bonds. The molecular formula is C14H18O. The zero-order valence-electron chi connectivity index (χ0n) is 9.33. The van der Waals surface area contributed by atoms with E-state index < -0.39 is 0 Å². The number of Topliss-reactive ketones (excluding diaryl/α,β-unsaturated/α-hetero) is 1. The molecule has 0 spiro atoms. The summed E-state index contributed by atoms with van der Waals surface area (Å²) in [5.41, 5.74) is 2.66. The Bertz CT molecular complexity index is 333. The molecule has 0 atom stereocenters. The average molecular weight is 202 g/mol. The van der Waals surface area contributed by atoms with Gasteiger partial charge in [-0.05, 0) is 36.8 Å². The first kappa shape index (κ1) is 10.4.